The van der Waals surface area contributed by atoms with Gasteiger partial charge in [-0.1, -0.05) is 19.3 Å². The van der Waals surface area contributed by atoms with Crippen molar-refractivity contribution in [2.75, 3.05) is 26.0 Å². The van der Waals surface area contributed by atoms with Gasteiger partial charge in [0.05, 0.1) is 0 Å². The van der Waals surface area contributed by atoms with Gasteiger partial charge in [0.2, 0.25) is 0 Å². The Morgan fingerprint density at radius 2 is 2.11 bits per heavy atom. The van der Waals surface area contributed by atoms with Crippen molar-refractivity contribution in [2.45, 2.75) is 32.1 Å². The molecular weight excluding hydrogens is 238 g/mol. The van der Waals surface area contributed by atoms with E-state index in [1.807, 2.05) is 12.1 Å². The highest BCUT2D eigenvalue weighted by Gasteiger charge is 2.14. The van der Waals surface area contributed by atoms with Crippen LogP contribution >= 0.6 is 0 Å². The molecule has 1 saturated carbocycles. The second-order valence-corrected chi connectivity index (χ2v) is 5.51. The monoisotopic (exact) mass is 261 g/mol. The zero-order valence-corrected chi connectivity index (χ0v) is 11.9. The first-order chi connectivity index (χ1) is 9.16. The van der Waals surface area contributed by atoms with Crippen molar-refractivity contribution < 1.29 is 4.79 Å². The fraction of sp³-hybridized carbons (Fsp3) is 0.600. The molecule has 0 atom stereocenters. The van der Waals surface area contributed by atoms with Crippen LogP contribution in [0.25, 0.3) is 0 Å². The number of nitrogens with one attached hydrogen (secondary N) is 1. The fourth-order valence-corrected chi connectivity index (χ4v) is 2.54. The third-order valence-electron chi connectivity index (χ3n) is 3.70. The van der Waals surface area contributed by atoms with Crippen LogP contribution in [0.1, 0.15) is 42.6 Å². The van der Waals surface area contributed by atoms with Gasteiger partial charge >= 0.3 is 0 Å². The Bertz CT molecular complexity index is 425. The van der Waals surface area contributed by atoms with Crippen LogP contribution < -0.4 is 5.32 Å². The fourth-order valence-electron chi connectivity index (χ4n) is 2.54. The molecule has 1 heterocycles. The molecule has 104 valence electrons. The van der Waals surface area contributed by atoms with E-state index in [9.17, 15) is 4.79 Å². The van der Waals surface area contributed by atoms with Gasteiger partial charge in [0.1, 0.15) is 5.69 Å². The second-order valence-electron chi connectivity index (χ2n) is 5.51. The number of hydrogen-bond donors (Lipinski definition) is 1. The number of nitrogens with zero attached hydrogens (tertiary/aromatic N) is 2. The maximum atomic E-state index is 11.8. The summed E-state index contributed by atoms with van der Waals surface area (Å²) >= 11 is 0. The highest BCUT2D eigenvalue weighted by Crippen LogP contribution is 2.24. The van der Waals surface area contributed by atoms with Gasteiger partial charge < -0.3 is 10.2 Å². The molecule has 2 rings (SSSR count). The number of carbonyl (C=O) groups is 1. The first-order valence-corrected chi connectivity index (χ1v) is 7.08. The van der Waals surface area contributed by atoms with Crippen LogP contribution in [0.2, 0.25) is 0 Å². The van der Waals surface area contributed by atoms with E-state index in [2.05, 4.69) is 10.3 Å². The summed E-state index contributed by atoms with van der Waals surface area (Å²) in [5, 5.41) is 3.44. The summed E-state index contributed by atoms with van der Waals surface area (Å²) in [5.74, 6) is 0.719. The van der Waals surface area contributed by atoms with Crippen LogP contribution in [0.3, 0.4) is 0 Å². The zero-order valence-electron chi connectivity index (χ0n) is 11.9. The van der Waals surface area contributed by atoms with Crippen LogP contribution in [0.15, 0.2) is 18.3 Å². The van der Waals surface area contributed by atoms with E-state index in [0.29, 0.717) is 5.69 Å². The topological polar surface area (TPSA) is 45.2 Å². The lowest BCUT2D eigenvalue weighted by atomic mass is 9.89. The average Bonchev–Trinajstić information content (AvgIpc) is 2.45. The molecule has 4 heteroatoms. The minimum Gasteiger partial charge on any atom is -0.385 e. The Morgan fingerprint density at radius 3 is 2.79 bits per heavy atom. The van der Waals surface area contributed by atoms with Crippen molar-refractivity contribution in [3.05, 3.63) is 24.0 Å². The molecule has 0 aromatic carbocycles. The largest absolute Gasteiger partial charge is 0.385 e. The molecule has 1 aromatic heterocycles. The molecule has 1 amide bonds. The van der Waals surface area contributed by atoms with Crippen LogP contribution in [0, 0.1) is 5.92 Å². The summed E-state index contributed by atoms with van der Waals surface area (Å²) in [5.41, 5.74) is 1.49. The molecular formula is C15H23N3O. The van der Waals surface area contributed by atoms with Crippen molar-refractivity contribution >= 4 is 11.6 Å². The first kappa shape index (κ1) is 13.8. The predicted octanol–water partition coefficient (Wildman–Crippen LogP) is 2.78. The smallest absolute Gasteiger partial charge is 0.272 e. The quantitative estimate of drug-likeness (QED) is 0.906. The molecule has 1 aliphatic rings. The van der Waals surface area contributed by atoms with Gasteiger partial charge in [-0.05, 0) is 30.9 Å². The lowest BCUT2D eigenvalue weighted by Crippen LogP contribution is -2.23. The predicted molar refractivity (Wildman–Crippen MR) is 77.3 cm³/mol. The molecule has 0 bridgehead atoms. The number of hydrogen-bond acceptors (Lipinski definition) is 3. The summed E-state index contributed by atoms with van der Waals surface area (Å²) in [4.78, 5) is 17.5. The van der Waals surface area contributed by atoms with Gasteiger partial charge in [-0.2, -0.15) is 0 Å². The molecule has 1 N–H and O–H groups in total. The minimum absolute atomic E-state index is 0.0543. The van der Waals surface area contributed by atoms with Crippen LogP contribution in [-0.4, -0.2) is 36.4 Å². The standard InChI is InChI=1S/C15H23N3O/c1-18(2)15(19)14-10-13(8-9-16-14)17-11-12-6-4-3-5-7-12/h8-10,12H,3-7,11H2,1-2H3,(H,16,17). The van der Waals surface area contributed by atoms with Gasteiger partial charge in [0, 0.05) is 32.5 Å². The van der Waals surface area contributed by atoms with Crippen molar-refractivity contribution in [3.8, 4) is 0 Å². The van der Waals surface area contributed by atoms with Gasteiger partial charge in [0.15, 0.2) is 0 Å². The van der Waals surface area contributed by atoms with Crippen LogP contribution in [0.4, 0.5) is 5.69 Å². The normalized spacial score (nSPS) is 16.1. The third kappa shape index (κ3) is 3.94. The molecule has 0 saturated heterocycles. The molecule has 0 spiro atoms. The Hall–Kier alpha value is -1.58. The summed E-state index contributed by atoms with van der Waals surface area (Å²) in [6, 6.07) is 3.76. The molecule has 4 nitrogen and oxygen atoms in total. The van der Waals surface area contributed by atoms with Crippen LogP contribution in [0.5, 0.6) is 0 Å². The summed E-state index contributed by atoms with van der Waals surface area (Å²) in [7, 11) is 3.48. The van der Waals surface area contributed by atoms with E-state index in [0.717, 1.165) is 18.2 Å². The number of pyridine rings is 1. The SMILES string of the molecule is CN(C)C(=O)c1cc(NCC2CCCCC2)ccn1. The van der Waals surface area contributed by atoms with E-state index in [1.54, 1.807) is 25.2 Å². The van der Waals surface area contributed by atoms with Crippen LogP contribution in [-0.2, 0) is 0 Å². The maximum Gasteiger partial charge on any atom is 0.272 e. The molecule has 1 aromatic rings. The van der Waals surface area contributed by atoms with Crippen molar-refractivity contribution in [2.24, 2.45) is 5.92 Å². The summed E-state index contributed by atoms with van der Waals surface area (Å²) in [6.45, 7) is 1.000. The Morgan fingerprint density at radius 1 is 1.37 bits per heavy atom. The lowest BCUT2D eigenvalue weighted by Gasteiger charge is -2.22. The number of anilines is 1. The maximum absolute atomic E-state index is 11.8. The molecule has 19 heavy (non-hydrogen) atoms. The third-order valence-corrected chi connectivity index (χ3v) is 3.70. The van der Waals surface area contributed by atoms with E-state index >= 15 is 0 Å². The summed E-state index contributed by atoms with van der Waals surface area (Å²) in [6.07, 6.45) is 8.43. The highest BCUT2D eigenvalue weighted by molar-refractivity contribution is 5.92. The number of carbonyl (C=O) groups excluding carboxylic acids is 1. The van der Waals surface area contributed by atoms with E-state index in [4.69, 9.17) is 0 Å². The first-order valence-electron chi connectivity index (χ1n) is 7.08. The Labute approximate surface area is 115 Å². The van der Waals surface area contributed by atoms with Gasteiger partial charge in [-0.3, -0.25) is 9.78 Å². The lowest BCUT2D eigenvalue weighted by molar-refractivity contribution is 0.0822. The van der Waals surface area contributed by atoms with Gasteiger partial charge in [0.25, 0.3) is 5.91 Å². The van der Waals surface area contributed by atoms with Gasteiger partial charge in [-0.15, -0.1) is 0 Å². The van der Waals surface area contributed by atoms with E-state index in [-0.39, 0.29) is 5.91 Å². The zero-order chi connectivity index (χ0) is 13.7. The highest BCUT2D eigenvalue weighted by atomic mass is 16.2. The molecule has 0 radical (unpaired) electrons. The Kier molecular flexibility index (Phi) is 4.77. The average molecular weight is 261 g/mol. The van der Waals surface area contributed by atoms with Crippen molar-refractivity contribution in [3.63, 3.8) is 0 Å². The van der Waals surface area contributed by atoms with Crippen molar-refractivity contribution in [1.29, 1.82) is 0 Å². The minimum atomic E-state index is -0.0543. The number of aromatic nitrogens is 1. The van der Waals surface area contributed by atoms with E-state index in [1.165, 1.54) is 32.1 Å². The van der Waals surface area contributed by atoms with E-state index < -0.39 is 0 Å². The summed E-state index contributed by atoms with van der Waals surface area (Å²) < 4.78 is 0. The second kappa shape index (κ2) is 6.55. The molecule has 0 unspecified atom stereocenters. The Balaban J connectivity index is 1.93. The molecule has 0 aliphatic heterocycles. The number of amides is 1. The number of rotatable bonds is 4. The molecule has 1 aliphatic carbocycles. The molecule has 1 fully saturated rings. The van der Waals surface area contributed by atoms with Crippen molar-refractivity contribution in [1.82, 2.24) is 9.88 Å². The van der Waals surface area contributed by atoms with Gasteiger partial charge in [-0.25, -0.2) is 0 Å².